The Morgan fingerprint density at radius 3 is 2.19 bits per heavy atom. The van der Waals surface area contributed by atoms with Gasteiger partial charge in [-0.15, -0.1) is 0 Å². The van der Waals surface area contributed by atoms with E-state index in [2.05, 4.69) is 6.92 Å². The van der Waals surface area contributed by atoms with Crippen LogP contribution < -0.4 is 0 Å². The second kappa shape index (κ2) is 8.37. The Kier molecular flexibility index (Phi) is 6.16. The summed E-state index contributed by atoms with van der Waals surface area (Å²) in [5.74, 6) is 0.581. The fraction of sp³-hybridized carbons (Fsp3) is 0.611. The van der Waals surface area contributed by atoms with Gasteiger partial charge >= 0.3 is 6.09 Å². The van der Waals surface area contributed by atoms with Crippen molar-refractivity contribution in [1.29, 1.82) is 0 Å². The van der Waals surface area contributed by atoms with Crippen molar-refractivity contribution < 1.29 is 17.9 Å². The van der Waals surface area contributed by atoms with Crippen LogP contribution in [-0.4, -0.2) is 67.3 Å². The van der Waals surface area contributed by atoms with Crippen molar-refractivity contribution in [2.75, 3.05) is 39.3 Å². The smallest absolute Gasteiger partial charge is 0.410 e. The molecular formula is C18H27N3O4S. The summed E-state index contributed by atoms with van der Waals surface area (Å²) in [5.41, 5.74) is 0.932. The Morgan fingerprint density at radius 1 is 1.00 bits per heavy atom. The largest absolute Gasteiger partial charge is 0.445 e. The van der Waals surface area contributed by atoms with Crippen LogP contribution in [0.15, 0.2) is 30.3 Å². The van der Waals surface area contributed by atoms with Gasteiger partial charge < -0.3 is 9.64 Å². The highest BCUT2D eigenvalue weighted by Crippen LogP contribution is 2.21. The third-order valence-corrected chi connectivity index (χ3v) is 7.13. The van der Waals surface area contributed by atoms with Crippen molar-refractivity contribution in [3.63, 3.8) is 0 Å². The maximum atomic E-state index is 12.8. The summed E-state index contributed by atoms with van der Waals surface area (Å²) in [7, 11) is -3.43. The number of hydrogen-bond donors (Lipinski definition) is 0. The topological polar surface area (TPSA) is 70.2 Å². The summed E-state index contributed by atoms with van der Waals surface area (Å²) in [5, 5.41) is 0. The number of piperidine rings is 1. The number of nitrogens with zero attached hydrogens (tertiary/aromatic N) is 3. The van der Waals surface area contributed by atoms with Gasteiger partial charge in [-0.2, -0.15) is 17.0 Å². The molecular weight excluding hydrogens is 354 g/mol. The molecule has 0 aliphatic carbocycles. The molecule has 1 amide bonds. The van der Waals surface area contributed by atoms with E-state index >= 15 is 0 Å². The van der Waals surface area contributed by atoms with Crippen molar-refractivity contribution in [2.24, 2.45) is 5.92 Å². The lowest BCUT2D eigenvalue weighted by Gasteiger charge is -2.38. The maximum Gasteiger partial charge on any atom is 0.410 e. The molecule has 0 unspecified atom stereocenters. The van der Waals surface area contributed by atoms with Gasteiger partial charge in [-0.1, -0.05) is 37.3 Å². The minimum Gasteiger partial charge on any atom is -0.445 e. The number of benzene rings is 1. The van der Waals surface area contributed by atoms with Gasteiger partial charge in [0, 0.05) is 39.3 Å². The van der Waals surface area contributed by atoms with E-state index in [1.54, 1.807) is 9.21 Å². The van der Waals surface area contributed by atoms with Gasteiger partial charge in [0.2, 0.25) is 0 Å². The average Bonchev–Trinajstić information content (AvgIpc) is 2.67. The monoisotopic (exact) mass is 381 g/mol. The van der Waals surface area contributed by atoms with Crippen LogP contribution in [0.5, 0.6) is 0 Å². The molecule has 2 fully saturated rings. The molecule has 1 aromatic rings. The van der Waals surface area contributed by atoms with Crippen LogP contribution in [0.2, 0.25) is 0 Å². The molecule has 0 spiro atoms. The molecule has 2 saturated heterocycles. The first-order valence-corrected chi connectivity index (χ1v) is 10.6. The normalized spacial score (nSPS) is 20.9. The molecule has 2 aliphatic heterocycles. The van der Waals surface area contributed by atoms with Gasteiger partial charge in [0.15, 0.2) is 0 Å². The van der Waals surface area contributed by atoms with Crippen molar-refractivity contribution >= 4 is 16.3 Å². The molecule has 0 aromatic heterocycles. The van der Waals surface area contributed by atoms with Gasteiger partial charge in [-0.05, 0) is 24.3 Å². The quantitative estimate of drug-likeness (QED) is 0.799. The fourth-order valence-corrected chi connectivity index (χ4v) is 4.91. The number of ether oxygens (including phenoxy) is 1. The summed E-state index contributed by atoms with van der Waals surface area (Å²) in [6, 6.07) is 9.50. The van der Waals surface area contributed by atoms with E-state index in [1.165, 1.54) is 4.31 Å². The number of carbonyl (C=O) groups excluding carboxylic acids is 1. The third-order valence-electron chi connectivity index (χ3n) is 5.10. The standard InChI is InChI=1S/C18H27N3O4S/c1-16-7-9-20(10-8-16)26(23,24)21-13-11-19(12-14-21)18(22)25-15-17-5-3-2-4-6-17/h2-6,16H,7-15H2,1H3. The zero-order valence-corrected chi connectivity index (χ0v) is 16.0. The predicted molar refractivity (Wildman–Crippen MR) is 98.7 cm³/mol. The second-order valence-electron chi connectivity index (χ2n) is 7.02. The van der Waals surface area contributed by atoms with Crippen LogP contribution in [0.3, 0.4) is 0 Å². The van der Waals surface area contributed by atoms with Crippen LogP contribution >= 0.6 is 0 Å². The number of amides is 1. The van der Waals surface area contributed by atoms with Crippen molar-refractivity contribution in [1.82, 2.24) is 13.5 Å². The molecule has 3 rings (SSSR count). The lowest BCUT2D eigenvalue weighted by Crippen LogP contribution is -2.55. The van der Waals surface area contributed by atoms with Gasteiger partial charge in [0.05, 0.1) is 0 Å². The number of carbonyl (C=O) groups is 1. The Hall–Kier alpha value is -1.64. The number of piperazine rings is 1. The van der Waals surface area contributed by atoms with Crippen LogP contribution in [0.25, 0.3) is 0 Å². The van der Waals surface area contributed by atoms with Crippen LogP contribution in [-0.2, 0) is 21.6 Å². The fourth-order valence-electron chi connectivity index (χ4n) is 3.29. The molecule has 1 aromatic carbocycles. The summed E-state index contributed by atoms with van der Waals surface area (Å²) >= 11 is 0. The lowest BCUT2D eigenvalue weighted by atomic mass is 10.0. The molecule has 0 atom stereocenters. The highest BCUT2D eigenvalue weighted by Gasteiger charge is 2.35. The summed E-state index contributed by atoms with van der Waals surface area (Å²) in [6.07, 6.45) is 1.42. The van der Waals surface area contributed by atoms with Gasteiger partial charge in [-0.3, -0.25) is 0 Å². The molecule has 144 valence electrons. The van der Waals surface area contributed by atoms with E-state index in [0.717, 1.165) is 18.4 Å². The summed E-state index contributed by atoms with van der Waals surface area (Å²) in [6.45, 7) is 4.90. The first-order valence-electron chi connectivity index (χ1n) is 9.17. The minimum atomic E-state index is -3.43. The molecule has 0 N–H and O–H groups in total. The highest BCUT2D eigenvalue weighted by molar-refractivity contribution is 7.86. The average molecular weight is 381 g/mol. The summed E-state index contributed by atoms with van der Waals surface area (Å²) < 4.78 is 33.9. The zero-order chi connectivity index (χ0) is 18.6. The SMILES string of the molecule is CC1CCN(S(=O)(=O)N2CCN(C(=O)OCc3ccccc3)CC2)CC1. The predicted octanol–water partition coefficient (Wildman–Crippen LogP) is 1.92. The Balaban J connectivity index is 1.48. The lowest BCUT2D eigenvalue weighted by molar-refractivity contribution is 0.0827. The zero-order valence-electron chi connectivity index (χ0n) is 15.2. The Bertz CT molecular complexity index is 694. The van der Waals surface area contributed by atoms with Crippen molar-refractivity contribution in [3.05, 3.63) is 35.9 Å². The molecule has 0 saturated carbocycles. The van der Waals surface area contributed by atoms with E-state index in [-0.39, 0.29) is 6.61 Å². The molecule has 26 heavy (non-hydrogen) atoms. The van der Waals surface area contributed by atoms with Crippen LogP contribution in [0.4, 0.5) is 4.79 Å². The molecule has 2 aliphatic rings. The minimum absolute atomic E-state index is 0.226. The van der Waals surface area contributed by atoms with E-state index in [4.69, 9.17) is 4.74 Å². The van der Waals surface area contributed by atoms with E-state index < -0.39 is 16.3 Å². The number of rotatable bonds is 4. The molecule has 8 heteroatoms. The third kappa shape index (κ3) is 4.55. The second-order valence-corrected chi connectivity index (χ2v) is 8.94. The first-order chi connectivity index (χ1) is 12.5. The van der Waals surface area contributed by atoms with Crippen molar-refractivity contribution in [3.8, 4) is 0 Å². The van der Waals surface area contributed by atoms with Gasteiger partial charge in [0.1, 0.15) is 6.61 Å². The van der Waals surface area contributed by atoms with Gasteiger partial charge in [0.25, 0.3) is 10.2 Å². The Labute approximate surface area is 155 Å². The van der Waals surface area contributed by atoms with Crippen LogP contribution in [0, 0.1) is 5.92 Å². The number of hydrogen-bond acceptors (Lipinski definition) is 4. The van der Waals surface area contributed by atoms with E-state index in [0.29, 0.717) is 45.2 Å². The summed E-state index contributed by atoms with van der Waals surface area (Å²) in [4.78, 5) is 13.8. The van der Waals surface area contributed by atoms with Crippen LogP contribution in [0.1, 0.15) is 25.3 Å². The molecule has 2 heterocycles. The van der Waals surface area contributed by atoms with E-state index in [1.807, 2.05) is 30.3 Å². The molecule has 0 radical (unpaired) electrons. The molecule has 0 bridgehead atoms. The first kappa shape index (κ1) is 19.1. The van der Waals surface area contributed by atoms with Crippen molar-refractivity contribution in [2.45, 2.75) is 26.4 Å². The van der Waals surface area contributed by atoms with E-state index in [9.17, 15) is 13.2 Å². The maximum absolute atomic E-state index is 12.8. The molecule has 7 nitrogen and oxygen atoms in total. The van der Waals surface area contributed by atoms with Gasteiger partial charge in [-0.25, -0.2) is 4.79 Å². The Morgan fingerprint density at radius 2 is 1.58 bits per heavy atom. The highest BCUT2D eigenvalue weighted by atomic mass is 32.2.